The second-order valence-corrected chi connectivity index (χ2v) is 3.23. The van der Waals surface area contributed by atoms with Crippen LogP contribution in [0.4, 0.5) is 0 Å². The van der Waals surface area contributed by atoms with Crippen LogP contribution in [0.1, 0.15) is 18.1 Å². The van der Waals surface area contributed by atoms with E-state index < -0.39 is 0 Å². The Morgan fingerprint density at radius 3 is 2.73 bits per heavy atom. The van der Waals surface area contributed by atoms with Gasteiger partial charge in [-0.25, -0.2) is 0 Å². The second kappa shape index (κ2) is 5.39. The predicted octanol–water partition coefficient (Wildman–Crippen LogP) is 2.11. The summed E-state index contributed by atoms with van der Waals surface area (Å²) >= 11 is 0. The number of carbonyl (C=O) groups is 1. The molecule has 0 atom stereocenters. The molecule has 15 heavy (non-hydrogen) atoms. The lowest BCUT2D eigenvalue weighted by Crippen LogP contribution is -2.08. The van der Waals surface area contributed by atoms with E-state index in [9.17, 15) is 4.79 Å². The van der Waals surface area contributed by atoms with Crippen LogP contribution in [0.2, 0.25) is 0 Å². The highest BCUT2D eigenvalue weighted by Gasteiger charge is 2.09. The van der Waals surface area contributed by atoms with E-state index in [0.29, 0.717) is 13.0 Å². The van der Waals surface area contributed by atoms with Gasteiger partial charge in [0.05, 0.1) is 20.1 Å². The van der Waals surface area contributed by atoms with Crippen LogP contribution in [0.15, 0.2) is 18.2 Å². The molecule has 3 nitrogen and oxygen atoms in total. The first-order chi connectivity index (χ1) is 7.19. The molecular weight excluding hydrogens is 192 g/mol. The molecule has 0 saturated carbocycles. The Balaban J connectivity index is 2.81. The highest BCUT2D eigenvalue weighted by molar-refractivity contribution is 5.73. The quantitative estimate of drug-likeness (QED) is 0.711. The molecule has 0 heterocycles. The number of hydrogen-bond donors (Lipinski definition) is 0. The van der Waals surface area contributed by atoms with Crippen molar-refractivity contribution in [1.29, 1.82) is 0 Å². The van der Waals surface area contributed by atoms with Crippen molar-refractivity contribution in [2.45, 2.75) is 20.3 Å². The van der Waals surface area contributed by atoms with Crippen LogP contribution in [-0.2, 0) is 16.0 Å². The van der Waals surface area contributed by atoms with Crippen LogP contribution in [0.5, 0.6) is 5.75 Å². The minimum absolute atomic E-state index is 0.200. The number of rotatable bonds is 4. The summed E-state index contributed by atoms with van der Waals surface area (Å²) in [4.78, 5) is 11.3. The van der Waals surface area contributed by atoms with E-state index in [0.717, 1.165) is 16.9 Å². The van der Waals surface area contributed by atoms with Gasteiger partial charge in [-0.1, -0.05) is 12.1 Å². The number of hydrogen-bond acceptors (Lipinski definition) is 3. The number of carbonyl (C=O) groups excluding carboxylic acids is 1. The number of methoxy groups -OCH3 is 1. The van der Waals surface area contributed by atoms with Crippen molar-refractivity contribution in [3.8, 4) is 5.75 Å². The normalized spacial score (nSPS) is 9.80. The van der Waals surface area contributed by atoms with E-state index in [1.54, 1.807) is 14.0 Å². The third-order valence-corrected chi connectivity index (χ3v) is 2.26. The molecule has 0 bridgehead atoms. The summed E-state index contributed by atoms with van der Waals surface area (Å²) in [5.74, 6) is 0.602. The van der Waals surface area contributed by atoms with E-state index in [2.05, 4.69) is 0 Å². The standard InChI is InChI=1S/C12H16O3/c1-4-15-12(13)8-10-6-5-7-11(14-3)9(10)2/h5-7H,4,8H2,1-3H3. The van der Waals surface area contributed by atoms with Crippen LogP contribution in [-0.4, -0.2) is 19.7 Å². The van der Waals surface area contributed by atoms with Crippen molar-refractivity contribution < 1.29 is 14.3 Å². The van der Waals surface area contributed by atoms with Gasteiger partial charge in [0, 0.05) is 0 Å². The first-order valence-electron chi connectivity index (χ1n) is 4.97. The van der Waals surface area contributed by atoms with Gasteiger partial charge < -0.3 is 9.47 Å². The van der Waals surface area contributed by atoms with Gasteiger partial charge in [0.1, 0.15) is 5.75 Å². The van der Waals surface area contributed by atoms with Crippen molar-refractivity contribution in [1.82, 2.24) is 0 Å². The molecule has 82 valence electrons. The lowest BCUT2D eigenvalue weighted by Gasteiger charge is -2.09. The minimum Gasteiger partial charge on any atom is -0.496 e. The molecule has 0 fully saturated rings. The van der Waals surface area contributed by atoms with Crippen molar-refractivity contribution in [3.63, 3.8) is 0 Å². The summed E-state index contributed by atoms with van der Waals surface area (Å²) in [6.45, 7) is 4.16. The van der Waals surface area contributed by atoms with Gasteiger partial charge >= 0.3 is 5.97 Å². The van der Waals surface area contributed by atoms with Crippen molar-refractivity contribution in [2.24, 2.45) is 0 Å². The molecule has 0 spiro atoms. The zero-order valence-electron chi connectivity index (χ0n) is 9.37. The SMILES string of the molecule is CCOC(=O)Cc1cccc(OC)c1C. The largest absolute Gasteiger partial charge is 0.496 e. The zero-order valence-corrected chi connectivity index (χ0v) is 9.37. The molecule has 0 aromatic heterocycles. The lowest BCUT2D eigenvalue weighted by atomic mass is 10.1. The fraction of sp³-hybridized carbons (Fsp3) is 0.417. The van der Waals surface area contributed by atoms with Gasteiger partial charge in [-0.3, -0.25) is 4.79 Å². The molecule has 0 radical (unpaired) electrons. The van der Waals surface area contributed by atoms with Gasteiger partial charge in [-0.2, -0.15) is 0 Å². The Morgan fingerprint density at radius 2 is 2.13 bits per heavy atom. The molecule has 1 rings (SSSR count). The smallest absolute Gasteiger partial charge is 0.310 e. The van der Waals surface area contributed by atoms with Crippen molar-refractivity contribution in [3.05, 3.63) is 29.3 Å². The van der Waals surface area contributed by atoms with E-state index >= 15 is 0 Å². The highest BCUT2D eigenvalue weighted by Crippen LogP contribution is 2.21. The third kappa shape index (κ3) is 2.98. The van der Waals surface area contributed by atoms with Crippen LogP contribution in [0, 0.1) is 6.92 Å². The summed E-state index contributed by atoms with van der Waals surface area (Å²) in [5, 5.41) is 0. The summed E-state index contributed by atoms with van der Waals surface area (Å²) in [6.07, 6.45) is 0.302. The maximum absolute atomic E-state index is 11.3. The van der Waals surface area contributed by atoms with Crippen LogP contribution >= 0.6 is 0 Å². The molecule has 0 saturated heterocycles. The Kier molecular flexibility index (Phi) is 4.16. The first kappa shape index (κ1) is 11.6. The Hall–Kier alpha value is -1.51. The third-order valence-electron chi connectivity index (χ3n) is 2.26. The molecule has 0 aliphatic rings. The summed E-state index contributed by atoms with van der Waals surface area (Å²) in [6, 6.07) is 5.67. The number of esters is 1. The van der Waals surface area contributed by atoms with E-state index in [-0.39, 0.29) is 5.97 Å². The predicted molar refractivity (Wildman–Crippen MR) is 58.1 cm³/mol. The van der Waals surface area contributed by atoms with E-state index in [1.165, 1.54) is 0 Å². The first-order valence-corrected chi connectivity index (χ1v) is 4.97. The minimum atomic E-state index is -0.200. The maximum atomic E-state index is 11.3. The van der Waals surface area contributed by atoms with Crippen LogP contribution < -0.4 is 4.74 Å². The Morgan fingerprint density at radius 1 is 1.40 bits per heavy atom. The topological polar surface area (TPSA) is 35.5 Å². The fourth-order valence-corrected chi connectivity index (χ4v) is 1.44. The Labute approximate surface area is 90.0 Å². The molecule has 0 aliphatic carbocycles. The van der Waals surface area contributed by atoms with Gasteiger partial charge in [0.25, 0.3) is 0 Å². The highest BCUT2D eigenvalue weighted by atomic mass is 16.5. The number of benzene rings is 1. The van der Waals surface area contributed by atoms with Gasteiger partial charge in [-0.15, -0.1) is 0 Å². The van der Waals surface area contributed by atoms with Gasteiger partial charge in [0.15, 0.2) is 0 Å². The zero-order chi connectivity index (χ0) is 11.3. The summed E-state index contributed by atoms with van der Waals surface area (Å²) in [5.41, 5.74) is 1.95. The van der Waals surface area contributed by atoms with Crippen molar-refractivity contribution in [2.75, 3.05) is 13.7 Å². The van der Waals surface area contributed by atoms with Crippen LogP contribution in [0.25, 0.3) is 0 Å². The van der Waals surface area contributed by atoms with Gasteiger partial charge in [0.2, 0.25) is 0 Å². The number of ether oxygens (including phenoxy) is 2. The average molecular weight is 208 g/mol. The lowest BCUT2D eigenvalue weighted by molar-refractivity contribution is -0.142. The fourth-order valence-electron chi connectivity index (χ4n) is 1.44. The molecule has 0 aliphatic heterocycles. The monoisotopic (exact) mass is 208 g/mol. The maximum Gasteiger partial charge on any atom is 0.310 e. The second-order valence-electron chi connectivity index (χ2n) is 3.23. The Bertz CT molecular complexity index is 345. The molecule has 1 aromatic rings. The summed E-state index contributed by atoms with van der Waals surface area (Å²) in [7, 11) is 1.62. The summed E-state index contributed by atoms with van der Waals surface area (Å²) < 4.78 is 10.1. The van der Waals surface area contributed by atoms with E-state index in [1.807, 2.05) is 25.1 Å². The molecule has 0 unspecified atom stereocenters. The van der Waals surface area contributed by atoms with Gasteiger partial charge in [-0.05, 0) is 31.0 Å². The molecule has 3 heteroatoms. The van der Waals surface area contributed by atoms with Crippen molar-refractivity contribution >= 4 is 5.97 Å². The van der Waals surface area contributed by atoms with Crippen LogP contribution in [0.3, 0.4) is 0 Å². The average Bonchev–Trinajstić information content (AvgIpc) is 2.21. The molecule has 0 amide bonds. The molecule has 1 aromatic carbocycles. The molecule has 0 N–H and O–H groups in total. The van der Waals surface area contributed by atoms with E-state index in [4.69, 9.17) is 9.47 Å². The molecular formula is C12H16O3.